The Hall–Kier alpha value is -2.76. The van der Waals surface area contributed by atoms with Crippen molar-refractivity contribution in [2.45, 2.75) is 17.7 Å². The molecule has 1 aliphatic heterocycles. The topological polar surface area (TPSA) is 79.4 Å². The number of hydrogen-bond donors (Lipinski definition) is 1. The van der Waals surface area contributed by atoms with Gasteiger partial charge < -0.3 is 5.32 Å². The molecule has 1 saturated heterocycles. The summed E-state index contributed by atoms with van der Waals surface area (Å²) in [4.78, 5) is 16.9. The Kier molecular flexibility index (Phi) is 6.31. The van der Waals surface area contributed by atoms with Gasteiger partial charge in [0.25, 0.3) is 0 Å². The van der Waals surface area contributed by atoms with Crippen LogP contribution in [-0.2, 0) is 14.8 Å². The van der Waals surface area contributed by atoms with Crippen LogP contribution in [0.2, 0.25) is 0 Å². The van der Waals surface area contributed by atoms with Crippen molar-refractivity contribution in [3.05, 3.63) is 65.3 Å². The largest absolute Gasteiger partial charge is 0.302 e. The van der Waals surface area contributed by atoms with Crippen LogP contribution >= 0.6 is 11.3 Å². The zero-order chi connectivity index (χ0) is 22.9. The minimum absolute atomic E-state index is 0.0176. The molecule has 0 aliphatic carbocycles. The number of nitrogens with one attached hydrogen (secondary N) is 1. The van der Waals surface area contributed by atoms with E-state index in [1.807, 2.05) is 0 Å². The Bertz CT molecular complexity index is 1250. The number of amides is 1. The van der Waals surface area contributed by atoms with Gasteiger partial charge in [0.05, 0.1) is 16.5 Å². The van der Waals surface area contributed by atoms with E-state index in [-0.39, 0.29) is 34.4 Å². The molecule has 1 aliphatic rings. The maximum Gasteiger partial charge on any atom is 0.243 e. The number of piperidine rings is 1. The third-order valence-electron chi connectivity index (χ3n) is 5.15. The zero-order valence-electron chi connectivity index (χ0n) is 16.6. The number of carbonyl (C=O) groups is 1. The molecule has 11 heteroatoms. The Morgan fingerprint density at radius 3 is 2.56 bits per heavy atom. The van der Waals surface area contributed by atoms with E-state index in [2.05, 4.69) is 10.3 Å². The van der Waals surface area contributed by atoms with Gasteiger partial charge in [0.1, 0.15) is 17.5 Å². The minimum atomic E-state index is -3.86. The fourth-order valence-electron chi connectivity index (χ4n) is 3.49. The van der Waals surface area contributed by atoms with E-state index in [9.17, 15) is 26.4 Å². The van der Waals surface area contributed by atoms with Crippen LogP contribution in [0.5, 0.6) is 0 Å². The highest BCUT2D eigenvalue weighted by atomic mass is 32.2. The smallest absolute Gasteiger partial charge is 0.243 e. The van der Waals surface area contributed by atoms with Gasteiger partial charge in [0.2, 0.25) is 15.9 Å². The maximum absolute atomic E-state index is 14.0. The fraction of sp³-hybridized carbons (Fsp3) is 0.238. The molecule has 168 valence electrons. The summed E-state index contributed by atoms with van der Waals surface area (Å²) in [6.07, 6.45) is 0.966. The molecule has 0 spiro atoms. The summed E-state index contributed by atoms with van der Waals surface area (Å²) >= 11 is 1.06. The average molecular weight is 482 g/mol. The highest BCUT2D eigenvalue weighted by molar-refractivity contribution is 7.89. The van der Waals surface area contributed by atoms with Gasteiger partial charge in [-0.05, 0) is 55.3 Å². The number of thiazole rings is 1. The molecule has 3 aromatic rings. The van der Waals surface area contributed by atoms with Crippen molar-refractivity contribution in [2.75, 3.05) is 18.4 Å². The second kappa shape index (κ2) is 9.00. The molecule has 1 aromatic heterocycles. The van der Waals surface area contributed by atoms with E-state index in [1.54, 1.807) is 0 Å². The first-order valence-electron chi connectivity index (χ1n) is 9.71. The van der Waals surface area contributed by atoms with Crippen molar-refractivity contribution < 1.29 is 26.4 Å². The molecule has 1 fully saturated rings. The van der Waals surface area contributed by atoms with Gasteiger partial charge in [0.15, 0.2) is 5.13 Å². The normalized spacial score (nSPS) is 17.3. The van der Waals surface area contributed by atoms with E-state index in [1.165, 1.54) is 21.8 Å². The van der Waals surface area contributed by atoms with Crippen LogP contribution in [0.15, 0.2) is 52.7 Å². The van der Waals surface area contributed by atoms with Gasteiger partial charge >= 0.3 is 0 Å². The van der Waals surface area contributed by atoms with Crippen molar-refractivity contribution in [1.82, 2.24) is 9.29 Å². The molecule has 6 nitrogen and oxygen atoms in total. The first-order valence-corrected chi connectivity index (χ1v) is 12.0. The number of carbonyl (C=O) groups excluding carboxylic acids is 1. The molecule has 2 heterocycles. The van der Waals surface area contributed by atoms with Crippen LogP contribution < -0.4 is 5.32 Å². The number of benzene rings is 2. The quantitative estimate of drug-likeness (QED) is 0.591. The lowest BCUT2D eigenvalue weighted by atomic mass is 9.99. The van der Waals surface area contributed by atoms with Gasteiger partial charge in [-0.15, -0.1) is 11.3 Å². The van der Waals surface area contributed by atoms with E-state index in [0.717, 1.165) is 41.7 Å². The lowest BCUT2D eigenvalue weighted by Crippen LogP contribution is -2.43. The number of nitrogens with zero attached hydrogens (tertiary/aromatic N) is 2. The Balaban J connectivity index is 1.46. The summed E-state index contributed by atoms with van der Waals surface area (Å²) < 4.78 is 67.4. The van der Waals surface area contributed by atoms with Crippen LogP contribution in [0, 0.1) is 23.4 Å². The lowest BCUT2D eigenvalue weighted by Gasteiger charge is -2.31. The molecular weight excluding hydrogens is 463 g/mol. The Morgan fingerprint density at radius 2 is 1.81 bits per heavy atom. The zero-order valence-corrected chi connectivity index (χ0v) is 18.2. The number of halogens is 3. The molecule has 0 radical (unpaired) electrons. The number of rotatable bonds is 5. The number of sulfonamides is 1. The summed E-state index contributed by atoms with van der Waals surface area (Å²) in [5.41, 5.74) is 0.169. The van der Waals surface area contributed by atoms with Crippen LogP contribution in [0.25, 0.3) is 11.3 Å². The van der Waals surface area contributed by atoms with E-state index < -0.39 is 39.3 Å². The molecule has 0 saturated carbocycles. The number of aromatic nitrogens is 1. The summed E-state index contributed by atoms with van der Waals surface area (Å²) in [6, 6.07) is 7.55. The van der Waals surface area contributed by atoms with Crippen molar-refractivity contribution in [3.8, 4) is 11.3 Å². The summed E-state index contributed by atoms with van der Waals surface area (Å²) in [5.74, 6) is -2.81. The monoisotopic (exact) mass is 481 g/mol. The van der Waals surface area contributed by atoms with Gasteiger partial charge in [-0.2, -0.15) is 4.31 Å². The molecule has 1 unspecified atom stereocenters. The van der Waals surface area contributed by atoms with Gasteiger partial charge in [-0.25, -0.2) is 26.6 Å². The van der Waals surface area contributed by atoms with E-state index in [0.29, 0.717) is 12.8 Å². The maximum atomic E-state index is 14.0. The predicted octanol–water partition coefficient (Wildman–Crippen LogP) is 4.27. The number of hydrogen-bond acceptors (Lipinski definition) is 5. The molecule has 4 rings (SSSR count). The third-order valence-corrected chi connectivity index (χ3v) is 7.78. The second-order valence-electron chi connectivity index (χ2n) is 7.31. The Labute approximate surface area is 186 Å². The summed E-state index contributed by atoms with van der Waals surface area (Å²) in [7, 11) is -3.86. The van der Waals surface area contributed by atoms with E-state index >= 15 is 0 Å². The molecule has 1 atom stereocenters. The summed E-state index contributed by atoms with van der Waals surface area (Å²) in [5, 5.41) is 4.34. The van der Waals surface area contributed by atoms with E-state index in [4.69, 9.17) is 0 Å². The average Bonchev–Trinajstić information content (AvgIpc) is 3.24. The van der Waals surface area contributed by atoms with Crippen LogP contribution in [-0.4, -0.2) is 36.7 Å². The van der Waals surface area contributed by atoms with Crippen LogP contribution in [0.1, 0.15) is 12.8 Å². The van der Waals surface area contributed by atoms with Crippen molar-refractivity contribution in [1.29, 1.82) is 0 Å². The SMILES string of the molecule is O=C(Nc1nc(-c2cc(F)ccc2F)cs1)C1CCCN(S(=O)(=O)c2ccc(F)cc2)C1. The van der Waals surface area contributed by atoms with Crippen molar-refractivity contribution in [3.63, 3.8) is 0 Å². The highest BCUT2D eigenvalue weighted by Crippen LogP contribution is 2.29. The second-order valence-corrected chi connectivity index (χ2v) is 10.1. The van der Waals surface area contributed by atoms with Crippen LogP contribution in [0.3, 0.4) is 0 Å². The van der Waals surface area contributed by atoms with Gasteiger partial charge in [-0.3, -0.25) is 4.79 Å². The van der Waals surface area contributed by atoms with Gasteiger partial charge in [-0.1, -0.05) is 0 Å². The van der Waals surface area contributed by atoms with Crippen LogP contribution in [0.4, 0.5) is 18.3 Å². The van der Waals surface area contributed by atoms with Gasteiger partial charge in [0, 0.05) is 24.0 Å². The molecule has 1 N–H and O–H groups in total. The third kappa shape index (κ3) is 4.69. The number of anilines is 1. The van der Waals surface area contributed by atoms with Crippen molar-refractivity contribution >= 4 is 32.4 Å². The molecule has 32 heavy (non-hydrogen) atoms. The molecule has 0 bridgehead atoms. The lowest BCUT2D eigenvalue weighted by molar-refractivity contribution is -0.120. The first kappa shape index (κ1) is 22.4. The fourth-order valence-corrected chi connectivity index (χ4v) is 5.72. The molecule has 1 amide bonds. The first-order chi connectivity index (χ1) is 15.2. The standard InChI is InChI=1S/C21H18F3N3O3S2/c22-14-3-6-16(7-4-14)32(29,30)27-9-1-2-13(11-27)20(28)26-21-25-19(12-31-21)17-10-15(23)5-8-18(17)24/h3-8,10,12-13H,1-2,9,11H2,(H,25,26,28). The Morgan fingerprint density at radius 1 is 1.09 bits per heavy atom. The van der Waals surface area contributed by atoms with Crippen molar-refractivity contribution in [2.24, 2.45) is 5.92 Å². The summed E-state index contributed by atoms with van der Waals surface area (Å²) in [6.45, 7) is 0.228. The molecule has 2 aromatic carbocycles. The molecular formula is C21H18F3N3O3S2. The highest BCUT2D eigenvalue weighted by Gasteiger charge is 2.33. The minimum Gasteiger partial charge on any atom is -0.302 e. The predicted molar refractivity (Wildman–Crippen MR) is 114 cm³/mol.